The highest BCUT2D eigenvalue weighted by atomic mass is 16.5. The summed E-state index contributed by atoms with van der Waals surface area (Å²) in [6.45, 7) is 1.85. The Kier molecular flexibility index (Phi) is 5.48. The van der Waals surface area contributed by atoms with Crippen LogP contribution < -0.4 is 0 Å². The van der Waals surface area contributed by atoms with Crippen LogP contribution in [-0.2, 0) is 16.0 Å². The van der Waals surface area contributed by atoms with Crippen molar-refractivity contribution in [2.75, 3.05) is 13.2 Å². The van der Waals surface area contributed by atoms with Crippen LogP contribution in [0, 0.1) is 6.92 Å². The van der Waals surface area contributed by atoms with Crippen molar-refractivity contribution in [1.82, 2.24) is 15.0 Å². The fourth-order valence-electron chi connectivity index (χ4n) is 2.69. The third kappa shape index (κ3) is 4.18. The molecule has 0 aliphatic carbocycles. The van der Waals surface area contributed by atoms with E-state index in [1.807, 2.05) is 37.3 Å². The van der Waals surface area contributed by atoms with E-state index in [-0.39, 0.29) is 31.4 Å². The molecule has 0 saturated heterocycles. The van der Waals surface area contributed by atoms with Crippen molar-refractivity contribution in [3.8, 4) is 11.4 Å². The molecule has 3 rings (SSSR count). The smallest absolute Gasteiger partial charge is 0.305 e. The Morgan fingerprint density at radius 3 is 2.77 bits per heavy atom. The number of carbonyl (C=O) groups excluding carboxylic acids is 1. The van der Waals surface area contributed by atoms with Gasteiger partial charge in [-0.25, -0.2) is 0 Å². The Morgan fingerprint density at radius 1 is 1.15 bits per heavy atom. The predicted molar refractivity (Wildman–Crippen MR) is 96.2 cm³/mol. The first-order valence-electron chi connectivity index (χ1n) is 8.49. The van der Waals surface area contributed by atoms with E-state index in [2.05, 4.69) is 10.2 Å². The van der Waals surface area contributed by atoms with Crippen LogP contribution in [0.25, 0.3) is 16.7 Å². The average Bonchev–Trinajstić information content (AvgIpc) is 3.04. The number of hydrogen-bond donors (Lipinski definition) is 2. The molecule has 3 aromatic rings. The fraction of sp³-hybridized carbons (Fsp3) is 0.316. The number of aliphatic hydroxyl groups excluding tert-OH is 1. The van der Waals surface area contributed by atoms with Crippen molar-refractivity contribution in [3.63, 3.8) is 0 Å². The van der Waals surface area contributed by atoms with Gasteiger partial charge in [0.15, 0.2) is 0 Å². The third-order valence-corrected chi connectivity index (χ3v) is 3.99. The summed E-state index contributed by atoms with van der Waals surface area (Å²) in [5, 5.41) is 27.7. The number of ether oxygens (including phenoxy) is 1. The maximum Gasteiger partial charge on any atom is 0.305 e. The van der Waals surface area contributed by atoms with Crippen molar-refractivity contribution >= 4 is 17.0 Å². The first-order chi connectivity index (χ1) is 12.6. The van der Waals surface area contributed by atoms with Gasteiger partial charge in [0.05, 0.1) is 6.61 Å². The number of benzene rings is 2. The Labute approximate surface area is 150 Å². The van der Waals surface area contributed by atoms with Crippen molar-refractivity contribution in [2.45, 2.75) is 26.2 Å². The predicted octanol–water partition coefficient (Wildman–Crippen LogP) is 2.29. The van der Waals surface area contributed by atoms with Gasteiger partial charge in [-0.3, -0.25) is 4.79 Å². The van der Waals surface area contributed by atoms with E-state index in [9.17, 15) is 9.90 Å². The van der Waals surface area contributed by atoms with Gasteiger partial charge >= 0.3 is 5.97 Å². The molecule has 0 aliphatic rings. The van der Waals surface area contributed by atoms with Crippen LogP contribution >= 0.6 is 0 Å². The summed E-state index contributed by atoms with van der Waals surface area (Å²) in [4.78, 5) is 12.9. The normalized spacial score (nSPS) is 11.0. The molecular weight excluding hydrogens is 334 g/mol. The van der Waals surface area contributed by atoms with Gasteiger partial charge in [0.2, 0.25) is 0 Å². The highest BCUT2D eigenvalue weighted by Crippen LogP contribution is 2.24. The van der Waals surface area contributed by atoms with Crippen LogP contribution in [-0.4, -0.2) is 44.4 Å². The minimum absolute atomic E-state index is 0.0280. The Morgan fingerprint density at radius 2 is 1.96 bits per heavy atom. The van der Waals surface area contributed by atoms with E-state index in [0.717, 1.165) is 22.2 Å². The Hall–Kier alpha value is -2.93. The van der Waals surface area contributed by atoms with Gasteiger partial charge in [-0.2, -0.15) is 0 Å². The van der Waals surface area contributed by atoms with Crippen molar-refractivity contribution in [1.29, 1.82) is 0 Å². The number of aryl methyl sites for hydroxylation is 2. The van der Waals surface area contributed by atoms with Crippen LogP contribution in [0.3, 0.4) is 0 Å². The number of hydrogen-bond acceptors (Lipinski definition) is 6. The van der Waals surface area contributed by atoms with E-state index in [1.54, 1.807) is 6.07 Å². The molecule has 1 aromatic heterocycles. The lowest BCUT2D eigenvalue weighted by Gasteiger charge is -2.07. The molecule has 2 aromatic carbocycles. The third-order valence-electron chi connectivity index (χ3n) is 3.99. The summed E-state index contributed by atoms with van der Waals surface area (Å²) in [5.41, 5.74) is 4.08. The fourth-order valence-corrected chi connectivity index (χ4v) is 2.69. The van der Waals surface area contributed by atoms with Gasteiger partial charge < -0.3 is 14.9 Å². The molecule has 0 bridgehead atoms. The first kappa shape index (κ1) is 17.9. The molecule has 0 unspecified atom stereocenters. The lowest BCUT2D eigenvalue weighted by molar-refractivity contribution is -0.144. The topological polar surface area (TPSA) is 97.5 Å². The molecule has 1 heterocycles. The lowest BCUT2D eigenvalue weighted by atomic mass is 10.1. The second-order valence-electron chi connectivity index (χ2n) is 6.10. The number of esters is 1. The molecule has 0 fully saturated rings. The molecule has 0 saturated carbocycles. The standard InChI is InChI=1S/C19H21N3O4/c1-13-5-7-15-16(11-13)21-22(20-15)17-12-14(6-8-18(17)24)3-2-4-19(25)26-10-9-23/h5-8,11-12,23-24H,2-4,9-10H2,1H3. The van der Waals surface area contributed by atoms with Gasteiger partial charge in [-0.05, 0) is 55.2 Å². The van der Waals surface area contributed by atoms with Crippen LogP contribution in [0.15, 0.2) is 36.4 Å². The molecule has 7 heteroatoms. The molecule has 136 valence electrons. The number of fused-ring (bicyclic) bond motifs is 1. The average molecular weight is 355 g/mol. The summed E-state index contributed by atoms with van der Waals surface area (Å²) in [6.07, 6.45) is 1.54. The van der Waals surface area contributed by atoms with Crippen LogP contribution in [0.4, 0.5) is 0 Å². The number of rotatable bonds is 7. The molecule has 2 N–H and O–H groups in total. The van der Waals surface area contributed by atoms with Gasteiger partial charge in [-0.15, -0.1) is 15.0 Å². The zero-order chi connectivity index (χ0) is 18.5. The van der Waals surface area contributed by atoms with Crippen molar-refractivity contribution < 1.29 is 19.7 Å². The lowest BCUT2D eigenvalue weighted by Crippen LogP contribution is -2.08. The van der Waals surface area contributed by atoms with Gasteiger partial charge in [-0.1, -0.05) is 12.1 Å². The molecule has 0 spiro atoms. The SMILES string of the molecule is Cc1ccc2nn(-c3cc(CCCC(=O)OCCO)ccc3O)nc2c1. The highest BCUT2D eigenvalue weighted by Gasteiger charge is 2.11. The number of aromatic hydroxyl groups is 1. The van der Waals surface area contributed by atoms with Crippen molar-refractivity contribution in [2.24, 2.45) is 0 Å². The number of nitrogens with zero attached hydrogens (tertiary/aromatic N) is 3. The minimum Gasteiger partial charge on any atom is -0.506 e. The summed E-state index contributed by atoms with van der Waals surface area (Å²) < 4.78 is 4.83. The number of phenolic OH excluding ortho intramolecular Hbond substituents is 1. The van der Waals surface area contributed by atoms with E-state index in [0.29, 0.717) is 18.5 Å². The molecular formula is C19H21N3O4. The second-order valence-corrected chi connectivity index (χ2v) is 6.10. The maximum absolute atomic E-state index is 11.5. The molecule has 0 amide bonds. The minimum atomic E-state index is -0.326. The Balaban J connectivity index is 1.73. The van der Waals surface area contributed by atoms with Crippen LogP contribution in [0.1, 0.15) is 24.0 Å². The largest absolute Gasteiger partial charge is 0.506 e. The van der Waals surface area contributed by atoms with Gasteiger partial charge in [0.25, 0.3) is 0 Å². The molecule has 26 heavy (non-hydrogen) atoms. The quantitative estimate of drug-likeness (QED) is 0.631. The molecule has 0 atom stereocenters. The number of aromatic nitrogens is 3. The number of phenols is 1. The number of aliphatic hydroxyl groups is 1. The van der Waals surface area contributed by atoms with Gasteiger partial charge in [0.1, 0.15) is 29.1 Å². The number of carbonyl (C=O) groups is 1. The monoisotopic (exact) mass is 355 g/mol. The van der Waals surface area contributed by atoms with Crippen LogP contribution in [0.5, 0.6) is 5.75 Å². The van der Waals surface area contributed by atoms with Crippen LogP contribution in [0.2, 0.25) is 0 Å². The zero-order valence-corrected chi connectivity index (χ0v) is 14.6. The summed E-state index contributed by atoms with van der Waals surface area (Å²) in [6, 6.07) is 11.0. The second kappa shape index (κ2) is 7.97. The zero-order valence-electron chi connectivity index (χ0n) is 14.6. The first-order valence-corrected chi connectivity index (χ1v) is 8.49. The van der Waals surface area contributed by atoms with Crippen molar-refractivity contribution in [3.05, 3.63) is 47.5 Å². The van der Waals surface area contributed by atoms with E-state index < -0.39 is 0 Å². The molecule has 7 nitrogen and oxygen atoms in total. The van der Waals surface area contributed by atoms with Gasteiger partial charge in [0, 0.05) is 6.42 Å². The van der Waals surface area contributed by atoms with E-state index in [4.69, 9.17) is 9.84 Å². The van der Waals surface area contributed by atoms with E-state index in [1.165, 1.54) is 4.80 Å². The Bertz CT molecular complexity index is 920. The molecule has 0 radical (unpaired) electrons. The summed E-state index contributed by atoms with van der Waals surface area (Å²) in [7, 11) is 0. The summed E-state index contributed by atoms with van der Waals surface area (Å²) in [5.74, 6) is -0.235. The molecule has 0 aliphatic heterocycles. The van der Waals surface area contributed by atoms with E-state index >= 15 is 0 Å². The maximum atomic E-state index is 11.5. The summed E-state index contributed by atoms with van der Waals surface area (Å²) >= 11 is 0. The highest BCUT2D eigenvalue weighted by molar-refractivity contribution is 5.74.